The first-order valence-corrected chi connectivity index (χ1v) is 8.04. The molecular weight excluding hydrogens is 352 g/mol. The molecule has 3 aromatic rings. The molecule has 0 unspecified atom stereocenters. The van der Waals surface area contributed by atoms with Gasteiger partial charge in [-0.05, 0) is 25.1 Å². The number of nitro benzene ring substituents is 1. The minimum Gasteiger partial charge on any atom is -0.454 e. The first-order chi connectivity index (χ1) is 12.9. The number of nitrogens with zero attached hydrogens (tertiary/aromatic N) is 3. The van der Waals surface area contributed by atoms with E-state index in [9.17, 15) is 19.7 Å². The Balaban J connectivity index is 1.55. The Labute approximate surface area is 153 Å². The fourth-order valence-electron chi connectivity index (χ4n) is 2.55. The van der Waals surface area contributed by atoms with Gasteiger partial charge in [0.05, 0.1) is 22.3 Å². The van der Waals surface area contributed by atoms with E-state index in [1.165, 1.54) is 18.5 Å². The summed E-state index contributed by atoms with van der Waals surface area (Å²) in [4.78, 5) is 38.5. The van der Waals surface area contributed by atoms with Crippen LogP contribution in [0.4, 0.5) is 11.4 Å². The lowest BCUT2D eigenvalue weighted by atomic mass is 10.2. The lowest BCUT2D eigenvalue weighted by molar-refractivity contribution is -0.385. The van der Waals surface area contributed by atoms with Crippen LogP contribution in [0.3, 0.4) is 0 Å². The Kier molecular flexibility index (Phi) is 5.11. The normalized spacial score (nSPS) is 10.6. The molecule has 1 heterocycles. The summed E-state index contributed by atoms with van der Waals surface area (Å²) in [6.07, 6.45) is 1.53. The second kappa shape index (κ2) is 7.65. The second-order valence-electron chi connectivity index (χ2n) is 5.83. The van der Waals surface area contributed by atoms with Gasteiger partial charge in [-0.1, -0.05) is 18.2 Å². The molecule has 0 radical (unpaired) electrons. The Morgan fingerprint density at radius 1 is 1.26 bits per heavy atom. The fraction of sp³-hybridized carbons (Fsp3) is 0.167. The molecular formula is C18H16N4O5. The first kappa shape index (κ1) is 18.1. The monoisotopic (exact) mass is 368 g/mol. The third kappa shape index (κ3) is 4.27. The number of esters is 1. The van der Waals surface area contributed by atoms with Gasteiger partial charge in [0.15, 0.2) is 6.61 Å². The van der Waals surface area contributed by atoms with Gasteiger partial charge >= 0.3 is 5.97 Å². The summed E-state index contributed by atoms with van der Waals surface area (Å²) >= 11 is 0. The number of benzene rings is 2. The van der Waals surface area contributed by atoms with Crippen LogP contribution in [0.25, 0.3) is 11.0 Å². The number of amides is 1. The molecule has 9 heteroatoms. The van der Waals surface area contributed by atoms with Gasteiger partial charge in [0.1, 0.15) is 6.54 Å². The number of carbonyl (C=O) groups is 2. The number of aromatic nitrogens is 2. The van der Waals surface area contributed by atoms with Crippen LogP contribution >= 0.6 is 0 Å². The van der Waals surface area contributed by atoms with Gasteiger partial charge < -0.3 is 14.6 Å². The maximum absolute atomic E-state index is 12.0. The van der Waals surface area contributed by atoms with E-state index < -0.39 is 23.4 Å². The van der Waals surface area contributed by atoms with Crippen molar-refractivity contribution in [2.75, 3.05) is 11.9 Å². The second-order valence-corrected chi connectivity index (χ2v) is 5.83. The van der Waals surface area contributed by atoms with Crippen LogP contribution in [0, 0.1) is 17.0 Å². The van der Waals surface area contributed by atoms with Crippen molar-refractivity contribution in [3.05, 3.63) is 64.5 Å². The molecule has 0 atom stereocenters. The first-order valence-electron chi connectivity index (χ1n) is 8.04. The molecule has 3 rings (SSSR count). The zero-order valence-electron chi connectivity index (χ0n) is 14.4. The molecule has 9 nitrogen and oxygen atoms in total. The van der Waals surface area contributed by atoms with Crippen molar-refractivity contribution < 1.29 is 19.2 Å². The molecule has 27 heavy (non-hydrogen) atoms. The predicted molar refractivity (Wildman–Crippen MR) is 97.2 cm³/mol. The number of fused-ring (bicyclic) bond motifs is 1. The number of para-hydroxylation sites is 2. The Morgan fingerprint density at radius 3 is 2.81 bits per heavy atom. The highest BCUT2D eigenvalue weighted by molar-refractivity contribution is 5.93. The average molecular weight is 368 g/mol. The van der Waals surface area contributed by atoms with Gasteiger partial charge in [0.2, 0.25) is 0 Å². The fourth-order valence-corrected chi connectivity index (χ4v) is 2.55. The van der Waals surface area contributed by atoms with Gasteiger partial charge in [-0.25, -0.2) is 4.98 Å². The summed E-state index contributed by atoms with van der Waals surface area (Å²) in [5.74, 6) is -1.18. The number of ether oxygens (including phenoxy) is 1. The number of rotatable bonds is 6. The van der Waals surface area contributed by atoms with Crippen LogP contribution in [-0.2, 0) is 20.9 Å². The minimum atomic E-state index is -0.594. The van der Waals surface area contributed by atoms with Crippen molar-refractivity contribution in [1.29, 1.82) is 0 Å². The van der Waals surface area contributed by atoms with Crippen LogP contribution in [0.1, 0.15) is 5.56 Å². The summed E-state index contributed by atoms with van der Waals surface area (Å²) in [7, 11) is 0. The number of anilines is 1. The molecule has 0 aliphatic carbocycles. The Morgan fingerprint density at radius 2 is 2.04 bits per heavy atom. The molecule has 2 aromatic carbocycles. The lowest BCUT2D eigenvalue weighted by Crippen LogP contribution is -2.22. The highest BCUT2D eigenvalue weighted by Crippen LogP contribution is 2.22. The van der Waals surface area contributed by atoms with E-state index in [0.717, 1.165) is 11.0 Å². The number of carbonyl (C=O) groups excluding carboxylic acids is 2. The molecule has 138 valence electrons. The van der Waals surface area contributed by atoms with Crippen molar-refractivity contribution >= 4 is 34.3 Å². The van der Waals surface area contributed by atoms with Crippen LogP contribution in [0.5, 0.6) is 0 Å². The zero-order chi connectivity index (χ0) is 19.4. The van der Waals surface area contributed by atoms with E-state index in [0.29, 0.717) is 5.56 Å². The summed E-state index contributed by atoms with van der Waals surface area (Å²) in [5.41, 5.74) is 2.18. The SMILES string of the molecule is Cc1ccc(NC(=O)COC(=O)Cn2cnc3ccccc32)cc1[N+](=O)[O-]. The largest absolute Gasteiger partial charge is 0.454 e. The van der Waals surface area contributed by atoms with Crippen LogP contribution in [0.2, 0.25) is 0 Å². The van der Waals surface area contributed by atoms with E-state index in [-0.39, 0.29) is 17.9 Å². The summed E-state index contributed by atoms with van der Waals surface area (Å²) < 4.78 is 6.59. The number of hydrogen-bond donors (Lipinski definition) is 1. The summed E-state index contributed by atoms with van der Waals surface area (Å²) in [6, 6.07) is 11.7. The van der Waals surface area contributed by atoms with Crippen molar-refractivity contribution in [1.82, 2.24) is 9.55 Å². The molecule has 1 amide bonds. The number of nitrogens with one attached hydrogen (secondary N) is 1. The Hall–Kier alpha value is -3.75. The van der Waals surface area contributed by atoms with Gasteiger partial charge in [-0.15, -0.1) is 0 Å². The highest BCUT2D eigenvalue weighted by Gasteiger charge is 2.14. The lowest BCUT2D eigenvalue weighted by Gasteiger charge is -2.08. The minimum absolute atomic E-state index is 0.0796. The van der Waals surface area contributed by atoms with Crippen molar-refractivity contribution in [2.24, 2.45) is 0 Å². The van der Waals surface area contributed by atoms with E-state index >= 15 is 0 Å². The van der Waals surface area contributed by atoms with Gasteiger partial charge in [0.25, 0.3) is 11.6 Å². The van der Waals surface area contributed by atoms with Crippen molar-refractivity contribution in [3.8, 4) is 0 Å². The maximum atomic E-state index is 12.0. The van der Waals surface area contributed by atoms with Crippen LogP contribution < -0.4 is 5.32 Å². The molecule has 0 saturated heterocycles. The van der Waals surface area contributed by atoms with E-state index in [1.54, 1.807) is 17.6 Å². The molecule has 0 spiro atoms. The molecule has 0 bridgehead atoms. The number of nitro groups is 1. The molecule has 0 aliphatic rings. The highest BCUT2D eigenvalue weighted by atomic mass is 16.6. The number of imidazole rings is 1. The van der Waals surface area contributed by atoms with Crippen LogP contribution in [-0.4, -0.2) is 33.0 Å². The molecule has 1 aromatic heterocycles. The Bertz CT molecular complexity index is 1030. The summed E-state index contributed by atoms with van der Waals surface area (Å²) in [5, 5.41) is 13.4. The van der Waals surface area contributed by atoms with Gasteiger partial charge in [0, 0.05) is 17.3 Å². The topological polar surface area (TPSA) is 116 Å². The molecule has 0 fully saturated rings. The molecule has 0 aliphatic heterocycles. The van der Waals surface area contributed by atoms with Gasteiger partial charge in [-0.2, -0.15) is 0 Å². The third-order valence-corrected chi connectivity index (χ3v) is 3.88. The van der Waals surface area contributed by atoms with Crippen molar-refractivity contribution in [2.45, 2.75) is 13.5 Å². The summed E-state index contributed by atoms with van der Waals surface area (Å²) in [6.45, 7) is 1.03. The smallest absolute Gasteiger partial charge is 0.326 e. The quantitative estimate of drug-likeness (QED) is 0.406. The van der Waals surface area contributed by atoms with E-state index in [2.05, 4.69) is 10.3 Å². The van der Waals surface area contributed by atoms with E-state index in [1.807, 2.05) is 24.3 Å². The van der Waals surface area contributed by atoms with Crippen LogP contribution in [0.15, 0.2) is 48.8 Å². The van der Waals surface area contributed by atoms with E-state index in [4.69, 9.17) is 4.74 Å². The van der Waals surface area contributed by atoms with Crippen molar-refractivity contribution in [3.63, 3.8) is 0 Å². The average Bonchev–Trinajstić information content (AvgIpc) is 3.04. The predicted octanol–water partition coefficient (Wildman–Crippen LogP) is 2.43. The third-order valence-electron chi connectivity index (χ3n) is 3.88. The number of aryl methyl sites for hydroxylation is 1. The molecule has 0 saturated carbocycles. The standard InChI is InChI=1S/C18H16N4O5/c1-12-6-7-13(8-16(12)22(25)26)20-17(23)10-27-18(24)9-21-11-19-14-4-2-3-5-15(14)21/h2-8,11H,9-10H2,1H3,(H,20,23). The molecule has 1 N–H and O–H groups in total. The zero-order valence-corrected chi connectivity index (χ0v) is 14.4. The number of hydrogen-bond acceptors (Lipinski definition) is 6. The maximum Gasteiger partial charge on any atom is 0.326 e. The van der Waals surface area contributed by atoms with Gasteiger partial charge in [-0.3, -0.25) is 19.7 Å².